The van der Waals surface area contributed by atoms with E-state index in [0.29, 0.717) is 0 Å². The van der Waals surface area contributed by atoms with E-state index in [1.807, 2.05) is 20.8 Å². The minimum absolute atomic E-state index is 0.125. The summed E-state index contributed by atoms with van der Waals surface area (Å²) in [7, 11) is 0. The molecule has 0 atom stereocenters. The summed E-state index contributed by atoms with van der Waals surface area (Å²) in [4.78, 5) is 24.0. The van der Waals surface area contributed by atoms with Crippen molar-refractivity contribution < 1.29 is 14.3 Å². The number of nitrogens with one attached hydrogen (secondary N) is 2. The first kappa shape index (κ1) is 16.8. The van der Waals surface area contributed by atoms with E-state index >= 15 is 0 Å². The van der Waals surface area contributed by atoms with Gasteiger partial charge in [-0.3, -0.25) is 4.79 Å². The summed E-state index contributed by atoms with van der Waals surface area (Å²) < 4.78 is 5.20. The predicted molar refractivity (Wildman–Crippen MR) is 93.4 cm³/mol. The number of hydrogen-bond acceptors (Lipinski definition) is 3. The number of esters is 1. The first-order valence-electron chi connectivity index (χ1n) is 8.77. The molecule has 0 unspecified atom stereocenters. The third-order valence-electron chi connectivity index (χ3n) is 4.52. The molecule has 0 fully saturated rings. The van der Waals surface area contributed by atoms with Gasteiger partial charge in [-0.05, 0) is 81.5 Å². The van der Waals surface area contributed by atoms with Crippen molar-refractivity contribution in [1.82, 2.24) is 5.32 Å². The van der Waals surface area contributed by atoms with E-state index in [2.05, 4.69) is 16.7 Å². The maximum absolute atomic E-state index is 12.3. The van der Waals surface area contributed by atoms with Gasteiger partial charge < -0.3 is 15.4 Å². The number of anilines is 1. The number of fused-ring (bicyclic) bond motifs is 2. The highest BCUT2D eigenvalue weighted by atomic mass is 16.6. The first-order chi connectivity index (χ1) is 11.3. The van der Waals surface area contributed by atoms with Crippen LogP contribution in [0.5, 0.6) is 0 Å². The fraction of sp³-hybridized carbons (Fsp3) is 0.579. The molecular weight excluding hydrogens is 304 g/mol. The maximum Gasteiger partial charge on any atom is 0.325 e. The van der Waals surface area contributed by atoms with Gasteiger partial charge in [0.25, 0.3) is 0 Å². The van der Waals surface area contributed by atoms with Crippen LogP contribution in [0.1, 0.15) is 55.9 Å². The number of aryl methyl sites for hydroxylation is 2. The molecule has 0 bridgehead atoms. The number of benzene rings is 1. The average molecular weight is 330 g/mol. The fourth-order valence-electron chi connectivity index (χ4n) is 3.65. The third kappa shape index (κ3) is 3.71. The van der Waals surface area contributed by atoms with Gasteiger partial charge >= 0.3 is 12.0 Å². The number of carbonyl (C=O) groups excluding carboxylic acids is 2. The normalized spacial score (nSPS) is 15.6. The van der Waals surface area contributed by atoms with Crippen LogP contribution in [-0.4, -0.2) is 24.1 Å². The molecule has 2 N–H and O–H groups in total. The molecule has 5 heteroatoms. The zero-order chi connectivity index (χ0) is 17.3. The highest BCUT2D eigenvalue weighted by Gasteiger charge is 2.25. The van der Waals surface area contributed by atoms with Crippen LogP contribution in [0, 0.1) is 0 Å². The third-order valence-corrected chi connectivity index (χ3v) is 4.52. The molecule has 3 rings (SSSR count). The van der Waals surface area contributed by atoms with E-state index in [4.69, 9.17) is 4.74 Å². The van der Waals surface area contributed by atoms with Crippen LogP contribution >= 0.6 is 0 Å². The lowest BCUT2D eigenvalue weighted by Crippen LogP contribution is -2.37. The SMILES string of the molecule is CC(C)(C)OC(=O)CNC(=O)Nc1c2c(cc3c1CCC3)CCC2. The molecule has 1 aromatic carbocycles. The summed E-state index contributed by atoms with van der Waals surface area (Å²) in [5, 5.41) is 5.61. The molecule has 1 aromatic rings. The Bertz CT molecular complexity index is 642. The van der Waals surface area contributed by atoms with Gasteiger partial charge in [-0.2, -0.15) is 0 Å². The van der Waals surface area contributed by atoms with Crippen LogP contribution in [0.3, 0.4) is 0 Å². The standard InChI is InChI=1S/C19H26N2O3/c1-19(2,3)24-16(22)11-20-18(23)21-17-14-8-4-6-12(14)10-13-7-5-9-15(13)17/h10H,4-9,11H2,1-3H3,(H2,20,21,23). The maximum atomic E-state index is 12.3. The Morgan fingerprint density at radius 1 is 1.04 bits per heavy atom. The number of urea groups is 1. The molecule has 0 saturated heterocycles. The Morgan fingerprint density at radius 2 is 1.62 bits per heavy atom. The summed E-state index contributed by atoms with van der Waals surface area (Å²) in [6, 6.07) is 1.99. The van der Waals surface area contributed by atoms with E-state index in [1.165, 1.54) is 22.3 Å². The molecule has 130 valence electrons. The molecule has 0 heterocycles. The Kier molecular flexibility index (Phi) is 4.52. The quantitative estimate of drug-likeness (QED) is 0.837. The minimum Gasteiger partial charge on any atom is -0.459 e. The van der Waals surface area contributed by atoms with Gasteiger partial charge in [-0.25, -0.2) is 4.79 Å². The van der Waals surface area contributed by atoms with E-state index in [1.54, 1.807) is 0 Å². The van der Waals surface area contributed by atoms with Crippen molar-refractivity contribution in [2.75, 3.05) is 11.9 Å². The molecule has 2 amide bonds. The molecule has 0 aliphatic heterocycles. The van der Waals surface area contributed by atoms with E-state index in [9.17, 15) is 9.59 Å². The van der Waals surface area contributed by atoms with Gasteiger partial charge in [0.1, 0.15) is 12.1 Å². The van der Waals surface area contributed by atoms with Crippen molar-refractivity contribution in [3.05, 3.63) is 28.3 Å². The Morgan fingerprint density at radius 3 is 2.17 bits per heavy atom. The lowest BCUT2D eigenvalue weighted by molar-refractivity contribution is -0.153. The van der Waals surface area contributed by atoms with E-state index in [-0.39, 0.29) is 12.6 Å². The van der Waals surface area contributed by atoms with E-state index in [0.717, 1.165) is 44.2 Å². The van der Waals surface area contributed by atoms with Crippen molar-refractivity contribution in [3.63, 3.8) is 0 Å². The minimum atomic E-state index is -0.545. The highest BCUT2D eigenvalue weighted by molar-refractivity contribution is 5.93. The second kappa shape index (κ2) is 6.46. The Labute approximate surface area is 143 Å². The number of hydrogen-bond donors (Lipinski definition) is 2. The van der Waals surface area contributed by atoms with Gasteiger partial charge in [-0.15, -0.1) is 0 Å². The molecule has 0 saturated carbocycles. The summed E-state index contributed by atoms with van der Waals surface area (Å²) in [5.74, 6) is -0.429. The van der Waals surface area contributed by atoms with Gasteiger partial charge in [0, 0.05) is 5.69 Å². The van der Waals surface area contributed by atoms with Gasteiger partial charge in [0.05, 0.1) is 0 Å². The zero-order valence-corrected chi connectivity index (χ0v) is 14.8. The van der Waals surface area contributed by atoms with Crippen molar-refractivity contribution >= 4 is 17.7 Å². The van der Waals surface area contributed by atoms with E-state index < -0.39 is 11.6 Å². The highest BCUT2D eigenvalue weighted by Crippen LogP contribution is 2.38. The van der Waals surface area contributed by atoms with Crippen molar-refractivity contribution in [2.45, 2.75) is 64.9 Å². The molecule has 24 heavy (non-hydrogen) atoms. The summed E-state index contributed by atoms with van der Waals surface area (Å²) in [5.41, 5.74) is 5.75. The molecular formula is C19H26N2O3. The lowest BCUT2D eigenvalue weighted by Gasteiger charge is -2.20. The molecule has 0 spiro atoms. The lowest BCUT2D eigenvalue weighted by atomic mass is 9.99. The smallest absolute Gasteiger partial charge is 0.325 e. The predicted octanol–water partition coefficient (Wildman–Crippen LogP) is 3.13. The van der Waals surface area contributed by atoms with Gasteiger partial charge in [0.15, 0.2) is 0 Å². The molecule has 0 aromatic heterocycles. The largest absolute Gasteiger partial charge is 0.459 e. The molecule has 2 aliphatic rings. The topological polar surface area (TPSA) is 67.4 Å². The number of rotatable bonds is 3. The van der Waals surface area contributed by atoms with Crippen LogP contribution in [0.2, 0.25) is 0 Å². The van der Waals surface area contributed by atoms with Crippen molar-refractivity contribution in [1.29, 1.82) is 0 Å². The second-order valence-corrected chi connectivity index (χ2v) is 7.63. The average Bonchev–Trinajstić information content (AvgIpc) is 3.11. The van der Waals surface area contributed by atoms with Crippen LogP contribution in [-0.2, 0) is 35.2 Å². The van der Waals surface area contributed by atoms with Crippen LogP contribution < -0.4 is 10.6 Å². The zero-order valence-electron chi connectivity index (χ0n) is 14.8. The van der Waals surface area contributed by atoms with Gasteiger partial charge in [0.2, 0.25) is 0 Å². The fourth-order valence-corrected chi connectivity index (χ4v) is 3.65. The first-order valence-corrected chi connectivity index (χ1v) is 8.77. The van der Waals surface area contributed by atoms with Gasteiger partial charge in [-0.1, -0.05) is 6.07 Å². The Hall–Kier alpha value is -2.04. The second-order valence-electron chi connectivity index (χ2n) is 7.63. The van der Waals surface area contributed by atoms with Crippen LogP contribution in [0.4, 0.5) is 10.5 Å². The van der Waals surface area contributed by atoms with Crippen molar-refractivity contribution in [2.24, 2.45) is 0 Å². The number of ether oxygens (including phenoxy) is 1. The summed E-state index contributed by atoms with van der Waals surface area (Å²) in [6.07, 6.45) is 6.51. The Balaban J connectivity index is 1.66. The molecule has 2 aliphatic carbocycles. The van der Waals surface area contributed by atoms with Crippen molar-refractivity contribution in [3.8, 4) is 0 Å². The summed E-state index contributed by atoms with van der Waals surface area (Å²) in [6.45, 7) is 5.30. The van der Waals surface area contributed by atoms with Crippen LogP contribution in [0.25, 0.3) is 0 Å². The number of amides is 2. The molecule has 0 radical (unpaired) electrons. The van der Waals surface area contributed by atoms with Crippen LogP contribution in [0.15, 0.2) is 6.07 Å². The number of carbonyl (C=O) groups is 2. The summed E-state index contributed by atoms with van der Waals surface area (Å²) >= 11 is 0. The monoisotopic (exact) mass is 330 g/mol. The molecule has 5 nitrogen and oxygen atoms in total.